The van der Waals surface area contributed by atoms with E-state index >= 15 is 0 Å². The molecule has 3 heteroatoms. The summed E-state index contributed by atoms with van der Waals surface area (Å²) in [4.78, 5) is 0. The maximum absolute atomic E-state index is 6.06. The Morgan fingerprint density at radius 3 is 2.60 bits per heavy atom. The van der Waals surface area contributed by atoms with Gasteiger partial charge in [-0.05, 0) is 19.3 Å². The van der Waals surface area contributed by atoms with E-state index in [0.717, 1.165) is 19.3 Å². The fraction of sp³-hybridized carbons (Fsp3) is 1.00. The van der Waals surface area contributed by atoms with Crippen molar-refractivity contribution >= 4 is 23.2 Å². The monoisotopic (exact) mass is 182 g/mol. The maximum atomic E-state index is 6.06. The van der Waals surface area contributed by atoms with Gasteiger partial charge in [0.15, 0.2) is 5.06 Å². The fourth-order valence-corrected chi connectivity index (χ4v) is 1.89. The quantitative estimate of drug-likeness (QED) is 0.568. The van der Waals surface area contributed by atoms with Gasteiger partial charge in [-0.3, -0.25) is 0 Å². The van der Waals surface area contributed by atoms with E-state index in [2.05, 4.69) is 0 Å². The molecule has 2 atom stereocenters. The van der Waals surface area contributed by atoms with Gasteiger partial charge in [0.2, 0.25) is 0 Å². The van der Waals surface area contributed by atoms with E-state index in [1.807, 2.05) is 0 Å². The molecule has 1 saturated carbocycles. The first kappa shape index (κ1) is 8.63. The number of rotatable bonds is 1. The summed E-state index contributed by atoms with van der Waals surface area (Å²) in [6, 6.07) is 0. The van der Waals surface area contributed by atoms with E-state index in [9.17, 15) is 0 Å². The normalized spacial score (nSPS) is 41.7. The zero-order chi connectivity index (χ0) is 7.61. The van der Waals surface area contributed by atoms with E-state index in [-0.39, 0.29) is 5.38 Å². The molecule has 0 aromatic rings. The molecule has 1 fully saturated rings. The van der Waals surface area contributed by atoms with E-state index in [1.54, 1.807) is 7.11 Å². The Morgan fingerprint density at radius 2 is 2.20 bits per heavy atom. The van der Waals surface area contributed by atoms with Crippen molar-refractivity contribution in [2.45, 2.75) is 36.1 Å². The first-order valence-corrected chi connectivity index (χ1v) is 4.38. The lowest BCUT2D eigenvalue weighted by Gasteiger charge is -2.34. The molecule has 0 saturated heterocycles. The number of ether oxygens (including phenoxy) is 1. The van der Waals surface area contributed by atoms with Gasteiger partial charge < -0.3 is 4.74 Å². The van der Waals surface area contributed by atoms with E-state index in [0.29, 0.717) is 0 Å². The molecule has 0 bridgehead atoms. The van der Waals surface area contributed by atoms with Crippen molar-refractivity contribution in [1.82, 2.24) is 0 Å². The number of alkyl halides is 2. The van der Waals surface area contributed by atoms with Crippen molar-refractivity contribution in [2.75, 3.05) is 7.11 Å². The summed E-state index contributed by atoms with van der Waals surface area (Å²) in [7, 11) is 1.62. The molecule has 2 unspecified atom stereocenters. The number of methoxy groups -OCH3 is 1. The average molecular weight is 183 g/mol. The Labute approximate surface area is 71.6 Å². The predicted octanol–water partition coefficient (Wildman–Crippen LogP) is 2.75. The first-order valence-electron chi connectivity index (χ1n) is 3.57. The number of halogens is 2. The van der Waals surface area contributed by atoms with Crippen LogP contribution in [0.5, 0.6) is 0 Å². The lowest BCUT2D eigenvalue weighted by molar-refractivity contribution is 0.0363. The zero-order valence-electron chi connectivity index (χ0n) is 6.07. The van der Waals surface area contributed by atoms with Crippen LogP contribution in [-0.2, 0) is 4.74 Å². The van der Waals surface area contributed by atoms with Crippen LogP contribution in [0.1, 0.15) is 25.7 Å². The average Bonchev–Trinajstić information content (AvgIpc) is 1.96. The summed E-state index contributed by atoms with van der Waals surface area (Å²) in [6.07, 6.45) is 4.14. The van der Waals surface area contributed by atoms with Gasteiger partial charge in [0.25, 0.3) is 0 Å². The van der Waals surface area contributed by atoms with Crippen LogP contribution >= 0.6 is 23.2 Å². The van der Waals surface area contributed by atoms with Crippen LogP contribution in [0.15, 0.2) is 0 Å². The fourth-order valence-electron chi connectivity index (χ4n) is 1.29. The van der Waals surface area contributed by atoms with Crippen LogP contribution in [0.4, 0.5) is 0 Å². The largest absolute Gasteiger partial charge is 0.361 e. The van der Waals surface area contributed by atoms with Crippen molar-refractivity contribution in [1.29, 1.82) is 0 Å². The highest BCUT2D eigenvalue weighted by molar-refractivity contribution is 6.31. The number of hydrogen-bond donors (Lipinski definition) is 0. The van der Waals surface area contributed by atoms with Crippen molar-refractivity contribution in [3.05, 3.63) is 0 Å². The first-order chi connectivity index (χ1) is 4.69. The summed E-state index contributed by atoms with van der Waals surface area (Å²) in [6.45, 7) is 0. The van der Waals surface area contributed by atoms with Gasteiger partial charge in [-0.1, -0.05) is 18.0 Å². The highest BCUT2D eigenvalue weighted by Gasteiger charge is 2.37. The molecular weight excluding hydrogens is 171 g/mol. The van der Waals surface area contributed by atoms with Gasteiger partial charge in [0.1, 0.15) is 0 Å². The van der Waals surface area contributed by atoms with E-state index in [1.165, 1.54) is 6.42 Å². The molecule has 0 spiro atoms. The molecule has 10 heavy (non-hydrogen) atoms. The van der Waals surface area contributed by atoms with Crippen LogP contribution in [0.3, 0.4) is 0 Å². The SMILES string of the molecule is COC1(Cl)CCCCC1Cl. The molecule has 0 aliphatic heterocycles. The molecule has 0 aromatic carbocycles. The van der Waals surface area contributed by atoms with Crippen molar-refractivity contribution in [2.24, 2.45) is 0 Å². The highest BCUT2D eigenvalue weighted by Crippen LogP contribution is 2.38. The van der Waals surface area contributed by atoms with Gasteiger partial charge in [0.05, 0.1) is 5.38 Å². The van der Waals surface area contributed by atoms with E-state index < -0.39 is 5.06 Å². The van der Waals surface area contributed by atoms with Crippen molar-refractivity contribution < 1.29 is 4.74 Å². The Kier molecular flexibility index (Phi) is 2.84. The van der Waals surface area contributed by atoms with Crippen LogP contribution in [-0.4, -0.2) is 17.5 Å². The molecule has 60 valence electrons. The summed E-state index contributed by atoms with van der Waals surface area (Å²) in [5, 5.41) is -0.604. The minimum absolute atomic E-state index is 0.0204. The topological polar surface area (TPSA) is 9.23 Å². The summed E-state index contributed by atoms with van der Waals surface area (Å²) < 4.78 is 5.12. The van der Waals surface area contributed by atoms with Gasteiger partial charge in [-0.25, -0.2) is 0 Å². The minimum Gasteiger partial charge on any atom is -0.361 e. The van der Waals surface area contributed by atoms with Gasteiger partial charge >= 0.3 is 0 Å². The molecule has 0 N–H and O–H groups in total. The lowest BCUT2D eigenvalue weighted by atomic mass is 9.96. The Morgan fingerprint density at radius 1 is 1.50 bits per heavy atom. The maximum Gasteiger partial charge on any atom is 0.157 e. The lowest BCUT2D eigenvalue weighted by Crippen LogP contribution is -2.37. The second-order valence-electron chi connectivity index (χ2n) is 2.70. The number of hydrogen-bond acceptors (Lipinski definition) is 1. The standard InChI is InChI=1S/C7H12Cl2O/c1-10-7(9)5-3-2-4-6(7)8/h6H,2-5H2,1H3. The zero-order valence-corrected chi connectivity index (χ0v) is 7.58. The smallest absolute Gasteiger partial charge is 0.157 e. The summed E-state index contributed by atoms with van der Waals surface area (Å²) in [5.74, 6) is 0. The van der Waals surface area contributed by atoms with Gasteiger partial charge in [0, 0.05) is 7.11 Å². The molecular formula is C7H12Cl2O. The summed E-state index contributed by atoms with van der Waals surface area (Å²) >= 11 is 12.0. The van der Waals surface area contributed by atoms with Crippen LogP contribution in [0.2, 0.25) is 0 Å². The van der Waals surface area contributed by atoms with Crippen LogP contribution in [0.25, 0.3) is 0 Å². The Hall–Kier alpha value is 0.540. The second kappa shape index (κ2) is 3.29. The van der Waals surface area contributed by atoms with Crippen LogP contribution < -0.4 is 0 Å². The third-order valence-corrected chi connectivity index (χ3v) is 3.32. The van der Waals surface area contributed by atoms with Gasteiger partial charge in [-0.15, -0.1) is 11.6 Å². The predicted molar refractivity (Wildman–Crippen MR) is 43.7 cm³/mol. The highest BCUT2D eigenvalue weighted by atomic mass is 35.5. The Bertz CT molecular complexity index is 118. The molecule has 0 heterocycles. The second-order valence-corrected chi connectivity index (χ2v) is 3.87. The van der Waals surface area contributed by atoms with Crippen molar-refractivity contribution in [3.8, 4) is 0 Å². The molecule has 1 nitrogen and oxygen atoms in total. The van der Waals surface area contributed by atoms with E-state index in [4.69, 9.17) is 27.9 Å². The molecule has 1 aliphatic rings. The molecule has 1 rings (SSSR count). The third kappa shape index (κ3) is 1.58. The molecule has 0 radical (unpaired) electrons. The van der Waals surface area contributed by atoms with Crippen LogP contribution in [0, 0.1) is 0 Å². The molecule has 1 aliphatic carbocycles. The van der Waals surface area contributed by atoms with Crippen molar-refractivity contribution in [3.63, 3.8) is 0 Å². The Balaban J connectivity index is 2.54. The molecule has 0 amide bonds. The van der Waals surface area contributed by atoms with Gasteiger partial charge in [-0.2, -0.15) is 0 Å². The minimum atomic E-state index is -0.584. The summed E-state index contributed by atoms with van der Waals surface area (Å²) in [5.41, 5.74) is 0. The molecule has 0 aromatic heterocycles. The third-order valence-electron chi connectivity index (χ3n) is 2.03.